The van der Waals surface area contributed by atoms with Crippen molar-refractivity contribution in [2.24, 2.45) is 0 Å². The van der Waals surface area contributed by atoms with Crippen molar-refractivity contribution >= 4 is 38.9 Å². The third kappa shape index (κ3) is 4.58. The van der Waals surface area contributed by atoms with E-state index in [1.807, 2.05) is 40.3 Å². The summed E-state index contributed by atoms with van der Waals surface area (Å²) in [6.45, 7) is 1.31. The Morgan fingerprint density at radius 3 is 2.65 bits per heavy atom. The summed E-state index contributed by atoms with van der Waals surface area (Å²) >= 11 is 1.49. The van der Waals surface area contributed by atoms with Gasteiger partial charge in [-0.3, -0.25) is 4.79 Å². The van der Waals surface area contributed by atoms with Crippen molar-refractivity contribution in [3.8, 4) is 10.6 Å². The van der Waals surface area contributed by atoms with Crippen molar-refractivity contribution < 1.29 is 30.0 Å². The van der Waals surface area contributed by atoms with Gasteiger partial charge >= 0.3 is 0 Å². The molecule has 1 amide bonds. The van der Waals surface area contributed by atoms with Crippen LogP contribution in [0.4, 0.5) is 0 Å². The maximum atomic E-state index is 13.8. The number of ether oxygens (including phenoxy) is 1. The fourth-order valence-electron chi connectivity index (χ4n) is 5.33. The average molecular weight is 560 g/mol. The van der Waals surface area contributed by atoms with Crippen LogP contribution in [0.5, 0.6) is 0 Å². The minimum absolute atomic E-state index is 0.327. The third-order valence-corrected chi connectivity index (χ3v) is 8.49. The summed E-state index contributed by atoms with van der Waals surface area (Å²) in [5, 5.41) is 49.6. The van der Waals surface area contributed by atoms with Gasteiger partial charge in [-0.2, -0.15) is 0 Å². The van der Waals surface area contributed by atoms with Crippen LogP contribution in [0.15, 0.2) is 78.4 Å². The molecule has 1 saturated heterocycles. The number of nitrogens with one attached hydrogen (secondary N) is 1. The number of amides is 1. The number of aliphatic hydroxyl groups is 4. The van der Waals surface area contributed by atoms with Crippen LogP contribution in [0.1, 0.15) is 22.8 Å². The van der Waals surface area contributed by atoms with Crippen LogP contribution in [-0.2, 0) is 11.3 Å². The van der Waals surface area contributed by atoms with Gasteiger partial charge in [-0.05, 0) is 47.5 Å². The summed E-state index contributed by atoms with van der Waals surface area (Å²) in [5.41, 5.74) is 1.33. The molecule has 1 unspecified atom stereocenters. The first-order valence-corrected chi connectivity index (χ1v) is 13.8. The lowest BCUT2D eigenvalue weighted by atomic mass is 9.84. The fraction of sp³-hybridized carbons (Fsp3) is 0.267. The van der Waals surface area contributed by atoms with Crippen LogP contribution in [-0.4, -0.2) is 72.6 Å². The number of benzene rings is 3. The first kappa shape index (κ1) is 26.6. The minimum atomic E-state index is -1.73. The maximum Gasteiger partial charge on any atom is 0.254 e. The highest BCUT2D eigenvalue weighted by Crippen LogP contribution is 2.32. The third-order valence-electron chi connectivity index (χ3n) is 7.67. The molecule has 3 heterocycles. The predicted molar refractivity (Wildman–Crippen MR) is 152 cm³/mol. The maximum absolute atomic E-state index is 13.8. The van der Waals surface area contributed by atoms with Crippen LogP contribution in [0.3, 0.4) is 0 Å². The number of carbonyl (C=O) groups is 1. The number of hydrogen-bond donors (Lipinski definition) is 5. The van der Waals surface area contributed by atoms with E-state index in [-0.39, 0.29) is 0 Å². The van der Waals surface area contributed by atoms with E-state index in [1.54, 1.807) is 12.4 Å². The second-order valence-corrected chi connectivity index (χ2v) is 11.2. The summed E-state index contributed by atoms with van der Waals surface area (Å²) in [7, 11) is 0. The fourth-order valence-corrected chi connectivity index (χ4v) is 5.97. The molecule has 0 bridgehead atoms. The first-order chi connectivity index (χ1) is 19.3. The largest absolute Gasteiger partial charge is 0.394 e. The molecule has 1 fully saturated rings. The second-order valence-electron chi connectivity index (χ2n) is 10.3. The molecule has 0 saturated carbocycles. The van der Waals surface area contributed by atoms with Crippen LogP contribution in [0.2, 0.25) is 0 Å². The van der Waals surface area contributed by atoms with Gasteiger partial charge in [-0.25, -0.2) is 4.98 Å². The molecule has 1 aliphatic heterocycles. The van der Waals surface area contributed by atoms with E-state index in [0.717, 1.165) is 32.4 Å². The Hall–Kier alpha value is -3.64. The highest BCUT2D eigenvalue weighted by Gasteiger charge is 2.53. The van der Waals surface area contributed by atoms with E-state index in [4.69, 9.17) is 4.74 Å². The van der Waals surface area contributed by atoms with E-state index in [9.17, 15) is 25.2 Å². The second kappa shape index (κ2) is 10.4. The quantitative estimate of drug-likeness (QED) is 0.216. The van der Waals surface area contributed by atoms with Gasteiger partial charge in [-0.15, -0.1) is 11.3 Å². The van der Waals surface area contributed by atoms with Crippen molar-refractivity contribution in [3.05, 3.63) is 89.6 Å². The molecular formula is C30H29N3O6S. The molecule has 5 atom stereocenters. The van der Waals surface area contributed by atoms with Gasteiger partial charge in [0.1, 0.15) is 28.9 Å². The first-order valence-electron chi connectivity index (χ1n) is 12.9. The van der Waals surface area contributed by atoms with Crippen LogP contribution in [0, 0.1) is 0 Å². The highest BCUT2D eigenvalue weighted by molar-refractivity contribution is 7.13. The van der Waals surface area contributed by atoms with Crippen LogP contribution >= 0.6 is 11.3 Å². The van der Waals surface area contributed by atoms with Gasteiger partial charge in [0, 0.05) is 40.8 Å². The van der Waals surface area contributed by atoms with Crippen molar-refractivity contribution in [2.75, 3.05) is 6.61 Å². The van der Waals surface area contributed by atoms with Crippen molar-refractivity contribution in [1.82, 2.24) is 14.9 Å². The topological polar surface area (TPSA) is 137 Å². The monoisotopic (exact) mass is 559 g/mol. The number of hydrogen-bond acceptors (Lipinski definition) is 8. The zero-order valence-corrected chi connectivity index (χ0v) is 22.5. The summed E-state index contributed by atoms with van der Waals surface area (Å²) in [6, 6.07) is 20.2. The van der Waals surface area contributed by atoms with E-state index >= 15 is 0 Å². The predicted octanol–water partition coefficient (Wildman–Crippen LogP) is 2.89. The Bertz CT molecular complexity index is 1690. The Balaban J connectivity index is 1.40. The smallest absolute Gasteiger partial charge is 0.254 e. The highest BCUT2D eigenvalue weighted by atomic mass is 32.1. The Morgan fingerprint density at radius 1 is 1.10 bits per heavy atom. The Morgan fingerprint density at radius 2 is 1.90 bits per heavy atom. The molecule has 0 spiro atoms. The number of fused-ring (bicyclic) bond motifs is 2. The minimum Gasteiger partial charge on any atom is -0.394 e. The van der Waals surface area contributed by atoms with E-state index in [1.165, 1.54) is 18.3 Å². The molecule has 10 heteroatoms. The van der Waals surface area contributed by atoms with Gasteiger partial charge in [0.15, 0.2) is 6.29 Å². The summed E-state index contributed by atoms with van der Waals surface area (Å²) < 4.78 is 7.30. The van der Waals surface area contributed by atoms with Gasteiger partial charge in [-0.1, -0.05) is 36.4 Å². The van der Waals surface area contributed by atoms with Crippen molar-refractivity contribution in [1.29, 1.82) is 0 Å². The molecule has 6 rings (SSSR count). The normalized spacial score (nSPS) is 24.9. The summed E-state index contributed by atoms with van der Waals surface area (Å²) in [6.07, 6.45) is -2.47. The lowest BCUT2D eigenvalue weighted by molar-refractivity contribution is -0.278. The molecule has 5 aromatic rings. The Labute approximate surface area is 233 Å². The van der Waals surface area contributed by atoms with Crippen LogP contribution in [0.25, 0.3) is 32.2 Å². The number of aromatic nitrogens is 2. The molecule has 3 aromatic carbocycles. The zero-order chi connectivity index (χ0) is 28.0. The van der Waals surface area contributed by atoms with Gasteiger partial charge in [0.25, 0.3) is 5.91 Å². The number of thiazole rings is 1. The molecule has 1 aliphatic rings. The lowest BCUT2D eigenvalue weighted by Gasteiger charge is -2.47. The van der Waals surface area contributed by atoms with Crippen molar-refractivity contribution in [2.45, 2.75) is 43.6 Å². The number of aliphatic hydroxyl groups excluding tert-OH is 4. The lowest BCUT2D eigenvalue weighted by Crippen LogP contribution is -2.71. The number of rotatable bonds is 6. The molecular weight excluding hydrogens is 530 g/mol. The number of nitrogens with zero attached hydrogens (tertiary/aromatic N) is 2. The zero-order valence-electron chi connectivity index (χ0n) is 21.6. The van der Waals surface area contributed by atoms with Crippen molar-refractivity contribution in [3.63, 3.8) is 0 Å². The molecule has 0 aliphatic carbocycles. The molecule has 5 N–H and O–H groups in total. The van der Waals surface area contributed by atoms with Crippen LogP contribution < -0.4 is 5.32 Å². The summed E-state index contributed by atoms with van der Waals surface area (Å²) in [4.78, 5) is 18.2. The molecule has 9 nitrogen and oxygen atoms in total. The SMILES string of the molecule is C[C@]1(NC(=O)c2cn(Cc3ccc4ccccc4c3)c3ccc(-c4nccs4)cc23)C(O)O[C@H](CO)[C@@H](O)[C@@H]1O. The van der Waals surface area contributed by atoms with E-state index in [2.05, 4.69) is 40.6 Å². The van der Waals surface area contributed by atoms with Gasteiger partial charge in [0.05, 0.1) is 12.2 Å². The average Bonchev–Trinajstić information content (AvgIpc) is 3.63. The Kier molecular flexibility index (Phi) is 6.91. The standard InChI is InChI=1S/C30H29N3O6S/c1-30(26(36)25(35)24(16-34)39-29(30)38)32-27(37)22-15-33(14-17-6-7-18-4-2-3-5-19(18)12-17)23-9-8-20(13-21(22)23)28-31-10-11-40-28/h2-13,15,24-26,29,34-36,38H,14,16H2,1H3,(H,32,37)/t24-,25-,26+,29?,30-/m1/s1. The number of carbonyl (C=O) groups excluding carboxylic acids is 1. The molecule has 2 aromatic heterocycles. The van der Waals surface area contributed by atoms with Gasteiger partial charge in [0.2, 0.25) is 0 Å². The molecule has 40 heavy (non-hydrogen) atoms. The molecule has 0 radical (unpaired) electrons. The van der Waals surface area contributed by atoms with E-state index < -0.39 is 42.7 Å². The molecule has 206 valence electrons. The van der Waals surface area contributed by atoms with E-state index in [0.29, 0.717) is 17.5 Å². The van der Waals surface area contributed by atoms with Gasteiger partial charge < -0.3 is 35.0 Å². The summed E-state index contributed by atoms with van der Waals surface area (Å²) in [5.74, 6) is -0.558.